The van der Waals surface area contributed by atoms with Crippen molar-refractivity contribution in [2.75, 3.05) is 6.61 Å². The Bertz CT molecular complexity index is 683. The normalized spacial score (nSPS) is 28.2. The number of aromatic hydroxyl groups is 1. The molecule has 4 N–H and O–H groups in total. The smallest absolute Gasteiger partial charge is 0.336 e. The number of phenolic OH excluding ortho intramolecular Hbond substituents is 1. The molecular formula is C19H24O8. The number of rotatable bonds is 7. The van der Waals surface area contributed by atoms with Crippen LogP contribution in [0.4, 0.5) is 0 Å². The van der Waals surface area contributed by atoms with E-state index in [4.69, 9.17) is 9.47 Å². The molecule has 1 aromatic rings. The van der Waals surface area contributed by atoms with E-state index < -0.39 is 35.9 Å². The highest BCUT2D eigenvalue weighted by atomic mass is 16.6. The van der Waals surface area contributed by atoms with Crippen molar-refractivity contribution < 1.29 is 39.5 Å². The van der Waals surface area contributed by atoms with E-state index in [9.17, 15) is 30.0 Å². The van der Waals surface area contributed by atoms with Gasteiger partial charge in [-0.2, -0.15) is 0 Å². The minimum Gasteiger partial charge on any atom is -0.508 e. The molecule has 0 amide bonds. The molecule has 8 nitrogen and oxygen atoms in total. The highest BCUT2D eigenvalue weighted by molar-refractivity contribution is 5.87. The molecule has 0 aromatic heterocycles. The van der Waals surface area contributed by atoms with Gasteiger partial charge in [0.05, 0.1) is 6.10 Å². The summed E-state index contributed by atoms with van der Waals surface area (Å²) in [4.78, 5) is 23.8. The molecule has 0 spiro atoms. The molecule has 4 atom stereocenters. The van der Waals surface area contributed by atoms with Gasteiger partial charge in [-0.15, -0.1) is 0 Å². The lowest BCUT2D eigenvalue weighted by atomic mass is 9.79. The van der Waals surface area contributed by atoms with Gasteiger partial charge in [0.1, 0.15) is 18.0 Å². The Morgan fingerprint density at radius 2 is 1.89 bits per heavy atom. The monoisotopic (exact) mass is 380 g/mol. The SMILES string of the molecule is CCCO[C@@]1(C(=O)O)C[C@H](O)[C@@H](O)[C@H](OC(=O)C=Cc2ccc(O)cc2)C1. The van der Waals surface area contributed by atoms with E-state index in [1.807, 2.05) is 6.92 Å². The highest BCUT2D eigenvalue weighted by Crippen LogP contribution is 2.34. The lowest BCUT2D eigenvalue weighted by molar-refractivity contribution is -0.206. The van der Waals surface area contributed by atoms with Gasteiger partial charge in [-0.25, -0.2) is 9.59 Å². The largest absolute Gasteiger partial charge is 0.508 e. The number of carboxylic acid groups (broad SMARTS) is 1. The van der Waals surface area contributed by atoms with Crippen molar-refractivity contribution in [2.45, 2.75) is 50.1 Å². The van der Waals surface area contributed by atoms with Gasteiger partial charge in [-0.1, -0.05) is 19.1 Å². The summed E-state index contributed by atoms with van der Waals surface area (Å²) in [6.07, 6.45) is -1.44. The zero-order chi connectivity index (χ0) is 20.0. The fourth-order valence-electron chi connectivity index (χ4n) is 2.94. The quantitative estimate of drug-likeness (QED) is 0.408. The standard InChI is InChI=1S/C19H24O8/c1-2-9-26-19(18(24)25)10-14(21)17(23)15(11-19)27-16(22)8-5-12-3-6-13(20)7-4-12/h3-8,14-15,17,20-21,23H,2,9-11H2,1H3,(H,24,25)/t14-,15+,17+,19-/m0/s1. The molecule has 0 aliphatic heterocycles. The maximum absolute atomic E-state index is 12.1. The third-order valence-electron chi connectivity index (χ3n) is 4.39. The van der Waals surface area contributed by atoms with Crippen LogP contribution in [-0.2, 0) is 19.1 Å². The van der Waals surface area contributed by atoms with Gasteiger partial charge in [0.2, 0.25) is 0 Å². The van der Waals surface area contributed by atoms with E-state index in [1.165, 1.54) is 18.2 Å². The number of hydrogen-bond acceptors (Lipinski definition) is 7. The number of carbonyl (C=O) groups excluding carboxylic acids is 1. The lowest BCUT2D eigenvalue weighted by Crippen LogP contribution is -2.58. The summed E-state index contributed by atoms with van der Waals surface area (Å²) in [6.45, 7) is 1.98. The Kier molecular flexibility index (Phi) is 6.95. The van der Waals surface area contributed by atoms with Crippen LogP contribution in [0.1, 0.15) is 31.7 Å². The number of phenols is 1. The average Bonchev–Trinajstić information content (AvgIpc) is 2.63. The summed E-state index contributed by atoms with van der Waals surface area (Å²) < 4.78 is 10.6. The van der Waals surface area contributed by atoms with Crippen molar-refractivity contribution >= 4 is 18.0 Å². The number of aliphatic hydroxyl groups excluding tert-OH is 2. The van der Waals surface area contributed by atoms with Gasteiger partial charge >= 0.3 is 11.9 Å². The first-order chi connectivity index (χ1) is 12.8. The van der Waals surface area contributed by atoms with E-state index >= 15 is 0 Å². The summed E-state index contributed by atoms with van der Waals surface area (Å²) in [7, 11) is 0. The minimum atomic E-state index is -1.72. The third-order valence-corrected chi connectivity index (χ3v) is 4.39. The molecule has 0 saturated heterocycles. The Morgan fingerprint density at radius 3 is 2.48 bits per heavy atom. The van der Waals surface area contributed by atoms with E-state index in [-0.39, 0.29) is 25.2 Å². The van der Waals surface area contributed by atoms with Gasteiger partial charge < -0.3 is 29.9 Å². The van der Waals surface area contributed by atoms with Crippen LogP contribution >= 0.6 is 0 Å². The second kappa shape index (κ2) is 8.98. The molecule has 1 aromatic carbocycles. The van der Waals surface area contributed by atoms with Crippen LogP contribution in [0.5, 0.6) is 5.75 Å². The summed E-state index contributed by atoms with van der Waals surface area (Å²) >= 11 is 0. The maximum atomic E-state index is 12.1. The Balaban J connectivity index is 2.09. The summed E-state index contributed by atoms with van der Waals surface area (Å²) in [5.74, 6) is -1.98. The van der Waals surface area contributed by atoms with Gasteiger partial charge in [0.15, 0.2) is 5.60 Å². The van der Waals surface area contributed by atoms with Crippen molar-refractivity contribution in [3.8, 4) is 5.75 Å². The minimum absolute atomic E-state index is 0.0890. The van der Waals surface area contributed by atoms with Crippen molar-refractivity contribution in [3.63, 3.8) is 0 Å². The van der Waals surface area contributed by atoms with Gasteiger partial charge in [0, 0.05) is 25.5 Å². The lowest BCUT2D eigenvalue weighted by Gasteiger charge is -2.41. The van der Waals surface area contributed by atoms with Crippen molar-refractivity contribution in [1.82, 2.24) is 0 Å². The molecule has 0 heterocycles. The van der Waals surface area contributed by atoms with Crippen LogP contribution in [0.25, 0.3) is 6.08 Å². The molecular weight excluding hydrogens is 356 g/mol. The maximum Gasteiger partial charge on any atom is 0.336 e. The predicted octanol–water partition coefficient (Wildman–Crippen LogP) is 1.08. The molecule has 2 rings (SSSR count). The Labute approximate surface area is 156 Å². The molecule has 0 radical (unpaired) electrons. The van der Waals surface area contributed by atoms with Crippen LogP contribution in [-0.4, -0.2) is 62.9 Å². The van der Waals surface area contributed by atoms with Crippen molar-refractivity contribution in [1.29, 1.82) is 0 Å². The second-order valence-electron chi connectivity index (χ2n) is 6.51. The topological polar surface area (TPSA) is 134 Å². The first-order valence-corrected chi connectivity index (χ1v) is 8.68. The molecule has 1 fully saturated rings. The van der Waals surface area contributed by atoms with Crippen LogP contribution < -0.4 is 0 Å². The number of carbonyl (C=O) groups is 2. The molecule has 0 unspecified atom stereocenters. The van der Waals surface area contributed by atoms with Crippen LogP contribution in [0.15, 0.2) is 30.3 Å². The molecule has 0 bridgehead atoms. The highest BCUT2D eigenvalue weighted by Gasteiger charge is 2.52. The fraction of sp³-hybridized carbons (Fsp3) is 0.474. The number of hydrogen-bond donors (Lipinski definition) is 4. The number of carboxylic acids is 1. The number of esters is 1. The third kappa shape index (κ3) is 5.29. The first-order valence-electron chi connectivity index (χ1n) is 8.68. The fourth-order valence-corrected chi connectivity index (χ4v) is 2.94. The average molecular weight is 380 g/mol. The van der Waals surface area contributed by atoms with E-state index in [2.05, 4.69) is 0 Å². The van der Waals surface area contributed by atoms with Crippen molar-refractivity contribution in [3.05, 3.63) is 35.9 Å². The number of ether oxygens (including phenoxy) is 2. The zero-order valence-corrected chi connectivity index (χ0v) is 14.9. The molecule has 1 aliphatic rings. The molecule has 8 heteroatoms. The van der Waals surface area contributed by atoms with Crippen LogP contribution in [0.3, 0.4) is 0 Å². The van der Waals surface area contributed by atoms with Gasteiger partial charge in [-0.05, 0) is 30.2 Å². The number of benzene rings is 1. The zero-order valence-electron chi connectivity index (χ0n) is 14.9. The second-order valence-corrected chi connectivity index (χ2v) is 6.51. The van der Waals surface area contributed by atoms with Gasteiger partial charge in [0.25, 0.3) is 0 Å². The van der Waals surface area contributed by atoms with E-state index in [1.54, 1.807) is 12.1 Å². The van der Waals surface area contributed by atoms with E-state index in [0.29, 0.717) is 12.0 Å². The van der Waals surface area contributed by atoms with Crippen molar-refractivity contribution in [2.24, 2.45) is 0 Å². The van der Waals surface area contributed by atoms with Crippen LogP contribution in [0.2, 0.25) is 0 Å². The van der Waals surface area contributed by atoms with E-state index in [0.717, 1.165) is 6.08 Å². The number of aliphatic carboxylic acids is 1. The summed E-state index contributed by atoms with van der Waals surface area (Å²) in [6, 6.07) is 6.09. The molecule has 1 aliphatic carbocycles. The molecule has 148 valence electrons. The predicted molar refractivity (Wildman–Crippen MR) is 94.9 cm³/mol. The van der Waals surface area contributed by atoms with Crippen LogP contribution in [0, 0.1) is 0 Å². The Morgan fingerprint density at radius 1 is 1.22 bits per heavy atom. The van der Waals surface area contributed by atoms with Gasteiger partial charge in [-0.3, -0.25) is 0 Å². The molecule has 1 saturated carbocycles. The summed E-state index contributed by atoms with van der Waals surface area (Å²) in [5.41, 5.74) is -1.08. The summed E-state index contributed by atoms with van der Waals surface area (Å²) in [5, 5.41) is 39.0. The number of aliphatic hydroxyl groups is 2. The first kappa shape index (κ1) is 20.9. The Hall–Kier alpha value is -2.42. The molecule has 27 heavy (non-hydrogen) atoms.